The molecule has 0 aliphatic carbocycles. The van der Waals surface area contributed by atoms with Crippen LogP contribution in [-0.2, 0) is 39.0 Å². The molecule has 8 aromatic rings. The van der Waals surface area contributed by atoms with Gasteiger partial charge in [0.25, 0.3) is 0 Å². The van der Waals surface area contributed by atoms with E-state index in [1.54, 1.807) is 10.4 Å². The Morgan fingerprint density at radius 3 is 1.27 bits per heavy atom. The molecule has 0 aliphatic rings. The van der Waals surface area contributed by atoms with Crippen molar-refractivity contribution in [2.75, 3.05) is 0 Å². The molecule has 0 spiro atoms. The fourth-order valence-corrected chi connectivity index (χ4v) is 12.2. The third-order valence-electron chi connectivity index (χ3n) is 10.1. The third-order valence-corrected chi connectivity index (χ3v) is 13.8. The summed E-state index contributed by atoms with van der Waals surface area (Å²) in [7, 11) is -2.25. The van der Waals surface area contributed by atoms with E-state index < -0.39 is 8.07 Å². The van der Waals surface area contributed by atoms with E-state index in [1.807, 2.05) is 0 Å². The summed E-state index contributed by atoms with van der Waals surface area (Å²) in [6.45, 7) is 9.90. The smallest absolute Gasteiger partial charge is 1.00 e. The Kier molecular flexibility index (Phi) is 10.7. The monoisotopic (exact) mass is 754 g/mol. The Morgan fingerprint density at radius 1 is 0.479 bits per heavy atom. The van der Waals surface area contributed by atoms with Crippen molar-refractivity contribution >= 4 is 61.5 Å². The number of fused-ring (bicyclic) bond motifs is 4. The number of hydrogen-bond donors (Lipinski definition) is 0. The third kappa shape index (κ3) is 5.86. The Labute approximate surface area is 316 Å². The molecule has 0 amide bonds. The van der Waals surface area contributed by atoms with Gasteiger partial charge >= 0.3 is 26.2 Å². The normalized spacial score (nSPS) is 11.4. The molecule has 8 aromatic carbocycles. The zero-order chi connectivity index (χ0) is 30.7. The van der Waals surface area contributed by atoms with Gasteiger partial charge in [-0.05, 0) is 57.6 Å². The first-order chi connectivity index (χ1) is 22.0. The Hall–Kier alpha value is -3.26. The van der Waals surface area contributed by atoms with Crippen LogP contribution in [0.4, 0.5) is 0 Å². The standard InChI is InChI=1S/C44H38Si.2ClH.Zr/c1-5-29-25-37-17-11-19-39(35-23-21-31-13-7-9-15-33(31)27-35)41(37)43(29)45(3,4)44-30(6-2)26-38-18-12-20-40(42(38)44)36-24-22-32-14-8-10-16-34(32)28-36;;;/h7-28H,5-6H2,1-4H3;2*1H;/q-2;;;+4/p-2. The van der Waals surface area contributed by atoms with Gasteiger partial charge in [-0.25, -0.2) is 0 Å². The van der Waals surface area contributed by atoms with Crippen LogP contribution in [0, 0.1) is 0 Å². The molecule has 0 unspecified atom stereocenters. The van der Waals surface area contributed by atoms with Crippen LogP contribution in [0.2, 0.25) is 13.1 Å². The van der Waals surface area contributed by atoms with Gasteiger partial charge in [-0.1, -0.05) is 123 Å². The van der Waals surface area contributed by atoms with E-state index in [4.69, 9.17) is 0 Å². The molecule has 0 N–H and O–H groups in total. The van der Waals surface area contributed by atoms with Crippen LogP contribution in [0.25, 0.3) is 65.3 Å². The molecule has 4 heteroatoms. The molecular formula is C44H38Cl2SiZr. The molecule has 0 heterocycles. The molecule has 0 aliphatic heterocycles. The number of rotatable bonds is 6. The van der Waals surface area contributed by atoms with E-state index in [1.165, 1.54) is 76.5 Å². The summed E-state index contributed by atoms with van der Waals surface area (Å²) in [6.07, 6.45) is 2.07. The minimum atomic E-state index is -2.25. The van der Waals surface area contributed by atoms with Crippen molar-refractivity contribution in [3.63, 3.8) is 0 Å². The molecule has 0 saturated heterocycles. The predicted molar refractivity (Wildman–Crippen MR) is 200 cm³/mol. The van der Waals surface area contributed by atoms with Gasteiger partial charge in [0, 0.05) is 8.07 Å². The molecule has 48 heavy (non-hydrogen) atoms. The summed E-state index contributed by atoms with van der Waals surface area (Å²) in [6, 6.07) is 50.2. The summed E-state index contributed by atoms with van der Waals surface area (Å²) in [5, 5.41) is 14.0. The van der Waals surface area contributed by atoms with E-state index in [2.05, 4.69) is 160 Å². The van der Waals surface area contributed by atoms with Gasteiger partial charge in [0.1, 0.15) is 0 Å². The molecule has 0 bridgehead atoms. The Balaban J connectivity index is 0.00000150. The first-order valence-corrected chi connectivity index (χ1v) is 19.4. The number of benzene rings is 6. The molecule has 0 atom stereocenters. The van der Waals surface area contributed by atoms with Crippen LogP contribution in [0.5, 0.6) is 0 Å². The van der Waals surface area contributed by atoms with Gasteiger partial charge in [-0.15, -0.1) is 69.1 Å². The minimum absolute atomic E-state index is 0. The van der Waals surface area contributed by atoms with Crippen molar-refractivity contribution in [3.8, 4) is 22.3 Å². The van der Waals surface area contributed by atoms with E-state index in [-0.39, 0.29) is 51.0 Å². The largest absolute Gasteiger partial charge is 4.00 e. The molecular weight excluding hydrogens is 719 g/mol. The summed E-state index contributed by atoms with van der Waals surface area (Å²) >= 11 is 0. The van der Waals surface area contributed by atoms with Crippen LogP contribution in [-0.4, -0.2) is 8.07 Å². The first kappa shape index (κ1) is 36.0. The van der Waals surface area contributed by atoms with Crippen molar-refractivity contribution in [1.82, 2.24) is 0 Å². The van der Waals surface area contributed by atoms with Crippen molar-refractivity contribution in [1.29, 1.82) is 0 Å². The summed E-state index contributed by atoms with van der Waals surface area (Å²) < 4.78 is 0. The molecule has 236 valence electrons. The van der Waals surface area contributed by atoms with Gasteiger partial charge in [-0.3, -0.25) is 0 Å². The Morgan fingerprint density at radius 2 is 0.875 bits per heavy atom. The predicted octanol–water partition coefficient (Wildman–Crippen LogP) is 5.02. The van der Waals surface area contributed by atoms with Crippen LogP contribution in [0.3, 0.4) is 0 Å². The van der Waals surface area contributed by atoms with E-state index in [0.29, 0.717) is 0 Å². The quantitative estimate of drug-likeness (QED) is 0.165. The van der Waals surface area contributed by atoms with Crippen LogP contribution >= 0.6 is 0 Å². The molecule has 0 saturated carbocycles. The number of hydrogen-bond acceptors (Lipinski definition) is 0. The summed E-state index contributed by atoms with van der Waals surface area (Å²) in [4.78, 5) is 0. The molecule has 0 radical (unpaired) electrons. The zero-order valence-electron chi connectivity index (χ0n) is 27.9. The van der Waals surface area contributed by atoms with Crippen LogP contribution in [0.15, 0.2) is 133 Å². The maximum Gasteiger partial charge on any atom is 4.00 e. The van der Waals surface area contributed by atoms with Gasteiger partial charge in [0.2, 0.25) is 0 Å². The second kappa shape index (κ2) is 14.3. The molecule has 8 rings (SSSR count). The molecule has 0 nitrogen and oxygen atoms in total. The SMILES string of the molecule is CCc1[cH-]c2cccc(-c3ccc4ccccc4c3)c2c1[Si](C)(C)c1c(CC)[cH-]c2cccc(-c3ccc4ccccc4c3)c12.[Cl-].[Cl-].[Zr+4]. The fourth-order valence-electron chi connectivity index (χ4n) is 8.09. The summed E-state index contributed by atoms with van der Waals surface area (Å²) in [5.74, 6) is 0. The van der Waals surface area contributed by atoms with Gasteiger partial charge in [0.15, 0.2) is 0 Å². The fraction of sp³-hybridized carbons (Fsp3) is 0.136. The van der Waals surface area contributed by atoms with Crippen LogP contribution < -0.4 is 35.2 Å². The molecule has 0 aromatic heterocycles. The second-order valence-corrected chi connectivity index (χ2v) is 17.3. The number of halogens is 2. The average Bonchev–Trinajstić information content (AvgIpc) is 3.67. The zero-order valence-corrected chi connectivity index (χ0v) is 32.8. The maximum absolute atomic E-state index is 2.61. The van der Waals surface area contributed by atoms with E-state index in [9.17, 15) is 0 Å². The summed E-state index contributed by atoms with van der Waals surface area (Å²) in [5.41, 5.74) is 8.34. The minimum Gasteiger partial charge on any atom is -1.00 e. The van der Waals surface area contributed by atoms with Gasteiger partial charge < -0.3 is 24.8 Å². The van der Waals surface area contributed by atoms with E-state index >= 15 is 0 Å². The topological polar surface area (TPSA) is 0 Å². The van der Waals surface area contributed by atoms with Crippen LogP contribution in [0.1, 0.15) is 25.0 Å². The van der Waals surface area contributed by atoms with Crippen molar-refractivity contribution in [3.05, 3.63) is 145 Å². The first-order valence-electron chi connectivity index (χ1n) is 16.4. The van der Waals surface area contributed by atoms with Crippen molar-refractivity contribution in [2.45, 2.75) is 39.8 Å². The second-order valence-electron chi connectivity index (χ2n) is 13.1. The average molecular weight is 757 g/mol. The van der Waals surface area contributed by atoms with Gasteiger partial charge in [0.05, 0.1) is 0 Å². The Bertz CT molecular complexity index is 2230. The molecule has 0 fully saturated rings. The van der Waals surface area contributed by atoms with Crippen molar-refractivity contribution < 1.29 is 51.0 Å². The maximum atomic E-state index is 2.61. The van der Waals surface area contributed by atoms with Crippen molar-refractivity contribution in [2.24, 2.45) is 0 Å². The van der Waals surface area contributed by atoms with Gasteiger partial charge in [-0.2, -0.15) is 10.4 Å². The number of aryl methyl sites for hydroxylation is 2. The van der Waals surface area contributed by atoms with E-state index in [0.717, 1.165) is 12.8 Å².